The Morgan fingerprint density at radius 1 is 0.946 bits per heavy atom. The second-order valence-corrected chi connectivity index (χ2v) is 9.72. The first-order valence-corrected chi connectivity index (χ1v) is 12.0. The zero-order valence-electron chi connectivity index (χ0n) is 20.3. The zero-order valence-corrected chi connectivity index (χ0v) is 20.3. The number of imide groups is 1. The molecule has 3 aromatic carbocycles. The molecule has 37 heavy (non-hydrogen) atoms. The molecule has 2 aliphatic heterocycles. The van der Waals surface area contributed by atoms with E-state index in [0.717, 1.165) is 16.0 Å². The average molecular weight is 499 g/mol. The number of hydrogen-bond acceptors (Lipinski definition) is 6. The lowest BCUT2D eigenvalue weighted by molar-refractivity contribution is -0.148. The number of nitrogens with one attached hydrogen (secondary N) is 1. The Morgan fingerprint density at radius 3 is 2.19 bits per heavy atom. The van der Waals surface area contributed by atoms with Gasteiger partial charge in [-0.25, -0.2) is 4.90 Å². The van der Waals surface area contributed by atoms with E-state index < -0.39 is 41.2 Å². The minimum atomic E-state index is -1.77. The topological polar surface area (TPSA) is 124 Å². The van der Waals surface area contributed by atoms with Crippen molar-refractivity contribution in [2.24, 2.45) is 11.8 Å². The van der Waals surface area contributed by atoms with Gasteiger partial charge in [0.1, 0.15) is 11.3 Å². The van der Waals surface area contributed by atoms with Gasteiger partial charge >= 0.3 is 5.97 Å². The normalized spacial score (nSPS) is 24.8. The first-order chi connectivity index (χ1) is 17.6. The molecule has 3 aromatic rings. The Labute approximate surface area is 213 Å². The van der Waals surface area contributed by atoms with E-state index in [1.807, 2.05) is 31.2 Å². The molecule has 0 aromatic heterocycles. The van der Waals surface area contributed by atoms with Crippen LogP contribution in [0.4, 0.5) is 5.69 Å². The number of amides is 2. The molecule has 4 atom stereocenters. The van der Waals surface area contributed by atoms with Crippen LogP contribution < -0.4 is 10.2 Å². The maximum absolute atomic E-state index is 13.9. The number of carboxylic acids is 1. The van der Waals surface area contributed by atoms with E-state index in [1.165, 1.54) is 31.2 Å². The van der Waals surface area contributed by atoms with Gasteiger partial charge in [-0.1, -0.05) is 36.4 Å². The van der Waals surface area contributed by atoms with Crippen LogP contribution in [0.5, 0.6) is 5.75 Å². The fourth-order valence-electron chi connectivity index (χ4n) is 5.68. The number of anilines is 1. The number of aromatic hydroxyl groups is 1. The number of benzene rings is 3. The molecule has 0 aliphatic carbocycles. The van der Waals surface area contributed by atoms with Gasteiger partial charge in [-0.05, 0) is 66.9 Å². The fourth-order valence-corrected chi connectivity index (χ4v) is 5.68. The Hall–Kier alpha value is -4.30. The lowest BCUT2D eigenvalue weighted by Gasteiger charge is -2.31. The first-order valence-electron chi connectivity index (χ1n) is 12.0. The molecule has 8 nitrogen and oxygen atoms in total. The van der Waals surface area contributed by atoms with Crippen molar-refractivity contribution in [3.05, 3.63) is 95.1 Å². The number of aliphatic carboxylic acids is 1. The Balaban J connectivity index is 1.64. The van der Waals surface area contributed by atoms with Crippen LogP contribution in [0.1, 0.15) is 40.0 Å². The molecule has 0 radical (unpaired) electrons. The van der Waals surface area contributed by atoms with Gasteiger partial charge in [-0.3, -0.25) is 24.5 Å². The van der Waals surface area contributed by atoms with Gasteiger partial charge in [0.2, 0.25) is 11.8 Å². The standard InChI is InChI=1S/C29H26N2O6/c1-16-5-3-4-6-22(16)25-23-24(29(30-25,28(36)37)15-18-7-13-21(33)14-8-18)27(35)31(26(23)34)20-11-9-19(10-12-20)17(2)32/h3-14,23-25,30,33H,15H2,1-2H3,(H,36,37). The monoisotopic (exact) mass is 498 g/mol. The zero-order chi connectivity index (χ0) is 26.5. The third kappa shape index (κ3) is 3.90. The van der Waals surface area contributed by atoms with Crippen molar-refractivity contribution < 1.29 is 29.4 Å². The molecule has 2 amide bonds. The molecular weight excluding hydrogens is 472 g/mol. The summed E-state index contributed by atoms with van der Waals surface area (Å²) in [5, 5.41) is 23.5. The Kier molecular flexibility index (Phi) is 5.92. The number of Topliss-reactive ketones (excluding diaryl/α,β-unsaturated/α-hetero) is 1. The molecular formula is C29H26N2O6. The summed E-state index contributed by atoms with van der Waals surface area (Å²) < 4.78 is 0. The molecule has 5 rings (SSSR count). The molecule has 0 spiro atoms. The van der Waals surface area contributed by atoms with Crippen LogP contribution in [0.25, 0.3) is 0 Å². The molecule has 0 saturated carbocycles. The molecule has 8 heteroatoms. The quantitative estimate of drug-likeness (QED) is 0.351. The summed E-state index contributed by atoms with van der Waals surface area (Å²) in [6.45, 7) is 3.31. The number of phenolic OH excluding ortho intramolecular Hbond substituents is 1. The molecule has 4 unspecified atom stereocenters. The smallest absolute Gasteiger partial charge is 0.325 e. The summed E-state index contributed by atoms with van der Waals surface area (Å²) in [5.41, 5.74) is 1.18. The third-order valence-electron chi connectivity index (χ3n) is 7.51. The maximum Gasteiger partial charge on any atom is 0.325 e. The van der Waals surface area contributed by atoms with Crippen LogP contribution in [0.2, 0.25) is 0 Å². The van der Waals surface area contributed by atoms with Crippen molar-refractivity contribution in [3.8, 4) is 5.75 Å². The molecule has 188 valence electrons. The number of aryl methyl sites for hydroxylation is 1. The first kappa shape index (κ1) is 24.4. The number of carboxylic acid groups (broad SMARTS) is 1. The number of fused-ring (bicyclic) bond motifs is 1. The summed E-state index contributed by atoms with van der Waals surface area (Å²) in [7, 11) is 0. The fraction of sp³-hybridized carbons (Fsp3) is 0.241. The highest BCUT2D eigenvalue weighted by Crippen LogP contribution is 2.51. The number of phenols is 1. The van der Waals surface area contributed by atoms with Crippen molar-refractivity contribution in [2.45, 2.75) is 31.8 Å². The maximum atomic E-state index is 13.9. The molecule has 2 saturated heterocycles. The number of carbonyl (C=O) groups is 4. The summed E-state index contributed by atoms with van der Waals surface area (Å²) >= 11 is 0. The minimum Gasteiger partial charge on any atom is -0.508 e. The molecule has 2 aliphatic rings. The second kappa shape index (κ2) is 8.97. The number of hydrogen-bond donors (Lipinski definition) is 3. The molecule has 2 heterocycles. The van der Waals surface area contributed by atoms with Gasteiger partial charge in [0, 0.05) is 18.0 Å². The van der Waals surface area contributed by atoms with E-state index in [4.69, 9.17) is 0 Å². The molecule has 3 N–H and O–H groups in total. The van der Waals surface area contributed by atoms with E-state index in [1.54, 1.807) is 24.3 Å². The van der Waals surface area contributed by atoms with Crippen LogP contribution in [-0.2, 0) is 20.8 Å². The Morgan fingerprint density at radius 2 is 1.59 bits per heavy atom. The molecule has 0 bridgehead atoms. The Bertz CT molecular complexity index is 1420. The van der Waals surface area contributed by atoms with Gasteiger partial charge in [0.05, 0.1) is 17.5 Å². The van der Waals surface area contributed by atoms with Gasteiger partial charge in [0.25, 0.3) is 0 Å². The van der Waals surface area contributed by atoms with Crippen LogP contribution >= 0.6 is 0 Å². The SMILES string of the molecule is CC(=O)c1ccc(N2C(=O)C3C(c4ccccc4C)NC(Cc4ccc(O)cc4)(C(=O)O)C3C2=O)cc1. The number of ketones is 1. The van der Waals surface area contributed by atoms with Crippen LogP contribution in [0, 0.1) is 18.8 Å². The van der Waals surface area contributed by atoms with E-state index >= 15 is 0 Å². The van der Waals surface area contributed by atoms with Crippen LogP contribution in [-0.4, -0.2) is 39.3 Å². The highest BCUT2D eigenvalue weighted by atomic mass is 16.4. The largest absolute Gasteiger partial charge is 0.508 e. The van der Waals surface area contributed by atoms with Crippen molar-refractivity contribution in [2.75, 3.05) is 4.90 Å². The van der Waals surface area contributed by atoms with Gasteiger partial charge in [-0.15, -0.1) is 0 Å². The second-order valence-electron chi connectivity index (χ2n) is 9.72. The predicted molar refractivity (Wildman–Crippen MR) is 135 cm³/mol. The molecule has 2 fully saturated rings. The highest BCUT2D eigenvalue weighted by Gasteiger charge is 2.68. The van der Waals surface area contributed by atoms with Crippen LogP contribution in [0.3, 0.4) is 0 Å². The van der Waals surface area contributed by atoms with Crippen molar-refractivity contribution in [1.82, 2.24) is 5.32 Å². The van der Waals surface area contributed by atoms with Gasteiger partial charge in [0.15, 0.2) is 5.78 Å². The number of nitrogens with zero attached hydrogens (tertiary/aromatic N) is 1. The van der Waals surface area contributed by atoms with Crippen molar-refractivity contribution in [3.63, 3.8) is 0 Å². The van der Waals surface area contributed by atoms with Crippen molar-refractivity contribution >= 4 is 29.3 Å². The summed E-state index contributed by atoms with van der Waals surface area (Å²) in [6, 6.07) is 19.0. The lowest BCUT2D eigenvalue weighted by Crippen LogP contribution is -2.57. The number of rotatable bonds is 6. The van der Waals surface area contributed by atoms with E-state index in [2.05, 4.69) is 5.32 Å². The van der Waals surface area contributed by atoms with E-state index in [9.17, 15) is 29.4 Å². The predicted octanol–water partition coefficient (Wildman–Crippen LogP) is 3.42. The van der Waals surface area contributed by atoms with Crippen molar-refractivity contribution in [1.29, 1.82) is 0 Å². The third-order valence-corrected chi connectivity index (χ3v) is 7.51. The lowest BCUT2D eigenvalue weighted by atomic mass is 9.76. The van der Waals surface area contributed by atoms with E-state index in [0.29, 0.717) is 16.8 Å². The summed E-state index contributed by atoms with van der Waals surface area (Å²) in [4.78, 5) is 53.6. The highest BCUT2D eigenvalue weighted by molar-refractivity contribution is 6.24. The minimum absolute atomic E-state index is 0.0375. The number of carbonyl (C=O) groups excluding carboxylic acids is 3. The average Bonchev–Trinajstić information content (AvgIpc) is 3.35. The summed E-state index contributed by atoms with van der Waals surface area (Å²) in [6.07, 6.45) is -0.0672. The van der Waals surface area contributed by atoms with Crippen LogP contribution in [0.15, 0.2) is 72.8 Å². The van der Waals surface area contributed by atoms with Gasteiger partial charge in [-0.2, -0.15) is 0 Å². The van der Waals surface area contributed by atoms with E-state index in [-0.39, 0.29) is 18.0 Å². The van der Waals surface area contributed by atoms with Gasteiger partial charge < -0.3 is 10.2 Å². The summed E-state index contributed by atoms with van der Waals surface area (Å²) in [5.74, 6) is -4.56.